The van der Waals surface area contributed by atoms with E-state index in [1.54, 1.807) is 32.9 Å². The molecule has 18 heavy (non-hydrogen) atoms. The minimum absolute atomic E-state index is 0.0760. The van der Waals surface area contributed by atoms with Crippen LogP contribution in [0, 0.1) is 6.92 Å². The van der Waals surface area contributed by atoms with E-state index in [0.29, 0.717) is 6.61 Å². The van der Waals surface area contributed by atoms with Crippen molar-refractivity contribution >= 4 is 17.6 Å². The molecular formula is C13H17NO4. The minimum Gasteiger partial charge on any atom is -0.478 e. The number of ether oxygens (including phenoxy) is 1. The number of carboxylic acid groups (broad SMARTS) is 1. The lowest BCUT2D eigenvalue weighted by Gasteiger charge is -2.13. The highest BCUT2D eigenvalue weighted by Gasteiger charge is 2.16. The number of carbonyl (C=O) groups excluding carboxylic acids is 1. The Bertz CT molecular complexity index is 456. The van der Waals surface area contributed by atoms with E-state index < -0.39 is 12.1 Å². The van der Waals surface area contributed by atoms with Gasteiger partial charge in [0.2, 0.25) is 0 Å². The third-order valence-corrected chi connectivity index (χ3v) is 2.45. The van der Waals surface area contributed by atoms with Gasteiger partial charge in [0.1, 0.15) is 6.10 Å². The van der Waals surface area contributed by atoms with Gasteiger partial charge in [-0.3, -0.25) is 4.79 Å². The highest BCUT2D eigenvalue weighted by Crippen LogP contribution is 2.17. The lowest BCUT2D eigenvalue weighted by Crippen LogP contribution is -2.28. The van der Waals surface area contributed by atoms with Crippen molar-refractivity contribution in [1.82, 2.24) is 0 Å². The number of amides is 1. The Morgan fingerprint density at radius 2 is 2.11 bits per heavy atom. The lowest BCUT2D eigenvalue weighted by molar-refractivity contribution is -0.126. The zero-order valence-electron chi connectivity index (χ0n) is 10.7. The SMILES string of the molecule is CCOC(C)C(=O)Nc1ccc(C)cc1C(=O)O. The molecule has 1 rings (SSSR count). The van der Waals surface area contributed by atoms with Gasteiger partial charge in [-0.2, -0.15) is 0 Å². The summed E-state index contributed by atoms with van der Waals surface area (Å²) in [4.78, 5) is 22.8. The zero-order chi connectivity index (χ0) is 13.7. The summed E-state index contributed by atoms with van der Waals surface area (Å²) in [5.41, 5.74) is 1.18. The topological polar surface area (TPSA) is 75.6 Å². The maximum absolute atomic E-state index is 11.7. The summed E-state index contributed by atoms with van der Waals surface area (Å²) >= 11 is 0. The summed E-state index contributed by atoms with van der Waals surface area (Å²) in [6.45, 7) is 5.63. The van der Waals surface area contributed by atoms with Crippen molar-refractivity contribution < 1.29 is 19.4 Å². The van der Waals surface area contributed by atoms with Crippen LogP contribution < -0.4 is 5.32 Å². The molecule has 98 valence electrons. The first kappa shape index (κ1) is 14.2. The number of rotatable bonds is 5. The number of hydrogen-bond donors (Lipinski definition) is 2. The molecule has 0 aliphatic heterocycles. The van der Waals surface area contributed by atoms with Crippen LogP contribution in [-0.4, -0.2) is 29.7 Å². The van der Waals surface area contributed by atoms with Crippen molar-refractivity contribution in [3.8, 4) is 0 Å². The second-order valence-corrected chi connectivity index (χ2v) is 3.94. The standard InChI is InChI=1S/C13H17NO4/c1-4-18-9(3)12(15)14-11-6-5-8(2)7-10(11)13(16)17/h5-7,9H,4H2,1-3H3,(H,14,15)(H,16,17). The van der Waals surface area contributed by atoms with Crippen LogP contribution in [0.25, 0.3) is 0 Å². The molecule has 0 bridgehead atoms. The molecule has 0 aliphatic rings. The van der Waals surface area contributed by atoms with Gasteiger partial charge in [-0.25, -0.2) is 4.79 Å². The maximum atomic E-state index is 11.7. The van der Waals surface area contributed by atoms with Crippen LogP contribution in [0.2, 0.25) is 0 Å². The molecule has 1 amide bonds. The monoisotopic (exact) mass is 251 g/mol. The molecular weight excluding hydrogens is 234 g/mol. The van der Waals surface area contributed by atoms with E-state index >= 15 is 0 Å². The van der Waals surface area contributed by atoms with Gasteiger partial charge in [-0.15, -0.1) is 0 Å². The first-order chi connectivity index (χ1) is 8.45. The Kier molecular flexibility index (Phi) is 4.85. The molecule has 0 fully saturated rings. The third-order valence-electron chi connectivity index (χ3n) is 2.45. The highest BCUT2D eigenvalue weighted by atomic mass is 16.5. The largest absolute Gasteiger partial charge is 0.478 e. The van der Waals surface area contributed by atoms with Crippen LogP contribution in [0.1, 0.15) is 29.8 Å². The molecule has 2 N–H and O–H groups in total. The van der Waals surface area contributed by atoms with Crippen molar-refractivity contribution in [2.24, 2.45) is 0 Å². The van der Waals surface area contributed by atoms with Gasteiger partial charge in [-0.1, -0.05) is 11.6 Å². The molecule has 1 aromatic carbocycles. The second kappa shape index (κ2) is 6.16. The zero-order valence-corrected chi connectivity index (χ0v) is 10.7. The van der Waals surface area contributed by atoms with Gasteiger partial charge in [0.15, 0.2) is 0 Å². The molecule has 1 aromatic rings. The van der Waals surface area contributed by atoms with Gasteiger partial charge in [0, 0.05) is 6.61 Å². The van der Waals surface area contributed by atoms with Crippen molar-refractivity contribution in [2.45, 2.75) is 26.9 Å². The minimum atomic E-state index is -1.07. The third kappa shape index (κ3) is 3.56. The van der Waals surface area contributed by atoms with Crippen LogP contribution in [0.5, 0.6) is 0 Å². The Morgan fingerprint density at radius 3 is 2.67 bits per heavy atom. The predicted octanol–water partition coefficient (Wildman–Crippen LogP) is 2.06. The molecule has 0 radical (unpaired) electrons. The van der Waals surface area contributed by atoms with Crippen LogP contribution in [0.4, 0.5) is 5.69 Å². The summed E-state index contributed by atoms with van der Waals surface area (Å²) in [7, 11) is 0. The number of aromatic carboxylic acids is 1. The number of carboxylic acids is 1. The van der Waals surface area contributed by atoms with E-state index in [1.165, 1.54) is 6.07 Å². The van der Waals surface area contributed by atoms with Gasteiger partial charge >= 0.3 is 5.97 Å². The maximum Gasteiger partial charge on any atom is 0.337 e. The van der Waals surface area contributed by atoms with E-state index in [-0.39, 0.29) is 17.2 Å². The van der Waals surface area contributed by atoms with Crippen LogP contribution in [0.3, 0.4) is 0 Å². The molecule has 0 saturated carbocycles. The van der Waals surface area contributed by atoms with Crippen LogP contribution >= 0.6 is 0 Å². The van der Waals surface area contributed by atoms with Crippen molar-refractivity contribution in [1.29, 1.82) is 0 Å². The fourth-order valence-corrected chi connectivity index (χ4v) is 1.50. The first-order valence-electron chi connectivity index (χ1n) is 5.72. The summed E-state index contributed by atoms with van der Waals surface area (Å²) in [6.07, 6.45) is -0.613. The molecule has 0 spiro atoms. The predicted molar refractivity (Wildman–Crippen MR) is 67.9 cm³/mol. The second-order valence-electron chi connectivity index (χ2n) is 3.94. The number of nitrogens with one attached hydrogen (secondary N) is 1. The number of carbonyl (C=O) groups is 2. The Balaban J connectivity index is 2.90. The normalized spacial score (nSPS) is 11.9. The number of benzene rings is 1. The molecule has 0 aromatic heterocycles. The number of anilines is 1. The lowest BCUT2D eigenvalue weighted by atomic mass is 10.1. The smallest absolute Gasteiger partial charge is 0.337 e. The fourth-order valence-electron chi connectivity index (χ4n) is 1.50. The van der Waals surface area contributed by atoms with Crippen molar-refractivity contribution in [2.75, 3.05) is 11.9 Å². The van der Waals surface area contributed by atoms with Crippen molar-refractivity contribution in [3.05, 3.63) is 29.3 Å². The number of aryl methyl sites for hydroxylation is 1. The number of hydrogen-bond acceptors (Lipinski definition) is 3. The van der Waals surface area contributed by atoms with E-state index in [9.17, 15) is 9.59 Å². The Morgan fingerprint density at radius 1 is 1.44 bits per heavy atom. The molecule has 0 heterocycles. The summed E-state index contributed by atoms with van der Waals surface area (Å²) in [5.74, 6) is -1.43. The molecule has 1 atom stereocenters. The Hall–Kier alpha value is -1.88. The van der Waals surface area contributed by atoms with E-state index in [0.717, 1.165) is 5.56 Å². The van der Waals surface area contributed by atoms with E-state index in [2.05, 4.69) is 5.32 Å². The van der Waals surface area contributed by atoms with E-state index in [4.69, 9.17) is 9.84 Å². The average molecular weight is 251 g/mol. The van der Waals surface area contributed by atoms with Gasteiger partial charge in [-0.05, 0) is 32.9 Å². The summed E-state index contributed by atoms with van der Waals surface area (Å²) in [5, 5.41) is 11.6. The summed E-state index contributed by atoms with van der Waals surface area (Å²) < 4.78 is 5.14. The van der Waals surface area contributed by atoms with Crippen LogP contribution in [-0.2, 0) is 9.53 Å². The highest BCUT2D eigenvalue weighted by molar-refractivity contribution is 6.01. The first-order valence-corrected chi connectivity index (χ1v) is 5.72. The summed E-state index contributed by atoms with van der Waals surface area (Å²) in [6, 6.07) is 4.84. The van der Waals surface area contributed by atoms with Crippen LogP contribution in [0.15, 0.2) is 18.2 Å². The van der Waals surface area contributed by atoms with Crippen molar-refractivity contribution in [3.63, 3.8) is 0 Å². The van der Waals surface area contributed by atoms with Gasteiger partial charge < -0.3 is 15.2 Å². The van der Waals surface area contributed by atoms with Gasteiger partial charge in [0.25, 0.3) is 5.91 Å². The fraction of sp³-hybridized carbons (Fsp3) is 0.385. The molecule has 5 heteroatoms. The molecule has 0 aliphatic carbocycles. The molecule has 0 saturated heterocycles. The van der Waals surface area contributed by atoms with E-state index in [1.807, 2.05) is 0 Å². The average Bonchev–Trinajstić information content (AvgIpc) is 2.31. The molecule has 1 unspecified atom stereocenters. The quantitative estimate of drug-likeness (QED) is 0.839. The molecule has 5 nitrogen and oxygen atoms in total. The Labute approximate surface area is 106 Å². The van der Waals surface area contributed by atoms with Gasteiger partial charge in [0.05, 0.1) is 11.3 Å².